The average Bonchev–Trinajstić information content (AvgIpc) is 3.25. The molecule has 0 heterocycles. The SMILES string of the molecule is C=C(/C=C(/c1cccc(C(/C=C(\C)c2ccccc2)=C/C(C)C2=CC=CCC2)c1)c1cc(-c2cccc3ccccc23)ccc1C)c1cccc2ccccc12. The quantitative estimate of drug-likeness (QED) is 0.123. The summed E-state index contributed by atoms with van der Waals surface area (Å²) in [6, 6.07) is 57.2. The molecule has 0 radical (unpaired) electrons. The topological polar surface area (TPSA) is 0 Å². The van der Waals surface area contributed by atoms with Gasteiger partial charge in [-0.25, -0.2) is 0 Å². The molecule has 1 aliphatic carbocycles. The predicted octanol–water partition coefficient (Wildman–Crippen LogP) is 15.5. The Kier molecular flexibility index (Phi) is 10.7. The van der Waals surface area contributed by atoms with Gasteiger partial charge in [-0.3, -0.25) is 0 Å². The third kappa shape index (κ3) is 7.83. The van der Waals surface area contributed by atoms with Crippen molar-refractivity contribution in [2.24, 2.45) is 5.92 Å². The van der Waals surface area contributed by atoms with E-state index in [-0.39, 0.29) is 0 Å². The van der Waals surface area contributed by atoms with Crippen molar-refractivity contribution in [1.29, 1.82) is 0 Å². The van der Waals surface area contributed by atoms with Crippen LogP contribution in [0.3, 0.4) is 0 Å². The van der Waals surface area contributed by atoms with E-state index in [2.05, 4.69) is 215 Å². The van der Waals surface area contributed by atoms with Gasteiger partial charge >= 0.3 is 0 Å². The van der Waals surface area contributed by atoms with Crippen LogP contribution in [0.1, 0.15) is 60.1 Å². The van der Waals surface area contributed by atoms with Gasteiger partial charge in [0.25, 0.3) is 0 Å². The summed E-state index contributed by atoms with van der Waals surface area (Å²) in [6.07, 6.45) is 16.1. The van der Waals surface area contributed by atoms with Gasteiger partial charge in [0.15, 0.2) is 0 Å². The molecular weight excluding hydrogens is 673 g/mol. The molecule has 7 aromatic rings. The van der Waals surface area contributed by atoms with Crippen molar-refractivity contribution in [2.75, 3.05) is 0 Å². The Morgan fingerprint density at radius 2 is 1.29 bits per heavy atom. The van der Waals surface area contributed by atoms with E-state index in [1.165, 1.54) is 71.6 Å². The molecule has 0 nitrogen and oxygen atoms in total. The average molecular weight is 721 g/mol. The zero-order chi connectivity index (χ0) is 38.4. The smallest absolute Gasteiger partial charge is 0.00392 e. The first-order valence-electron chi connectivity index (χ1n) is 19.8. The number of benzene rings is 7. The highest BCUT2D eigenvalue weighted by Crippen LogP contribution is 2.38. The summed E-state index contributed by atoms with van der Waals surface area (Å²) in [6.45, 7) is 11.5. The van der Waals surface area contributed by atoms with Gasteiger partial charge in [0.1, 0.15) is 0 Å². The molecule has 0 aliphatic heterocycles. The number of allylic oxidation sites excluding steroid dienone is 10. The Morgan fingerprint density at radius 3 is 2.07 bits per heavy atom. The third-order valence-corrected chi connectivity index (χ3v) is 11.3. The van der Waals surface area contributed by atoms with Crippen LogP contribution < -0.4 is 0 Å². The highest BCUT2D eigenvalue weighted by Gasteiger charge is 2.16. The van der Waals surface area contributed by atoms with Crippen LogP contribution in [0, 0.1) is 12.8 Å². The van der Waals surface area contributed by atoms with Crippen molar-refractivity contribution in [3.8, 4) is 11.1 Å². The molecule has 0 aromatic heterocycles. The van der Waals surface area contributed by atoms with Crippen LogP contribution in [-0.2, 0) is 0 Å². The number of rotatable bonds is 10. The van der Waals surface area contributed by atoms with E-state index in [1.54, 1.807) is 0 Å². The van der Waals surface area contributed by atoms with E-state index in [1.807, 2.05) is 0 Å². The summed E-state index contributed by atoms with van der Waals surface area (Å²) < 4.78 is 0. The number of aryl methyl sites for hydroxylation is 1. The minimum absolute atomic E-state index is 0.305. The zero-order valence-corrected chi connectivity index (χ0v) is 32.7. The lowest BCUT2D eigenvalue weighted by molar-refractivity contribution is 0.776. The fraction of sp³-hybridized carbons (Fsp3) is 0.107. The Morgan fingerprint density at radius 1 is 0.625 bits per heavy atom. The molecule has 56 heavy (non-hydrogen) atoms. The zero-order valence-electron chi connectivity index (χ0n) is 32.7. The second-order valence-electron chi connectivity index (χ2n) is 15.1. The maximum absolute atomic E-state index is 4.73. The molecule has 1 atom stereocenters. The van der Waals surface area contributed by atoms with Gasteiger partial charge in [-0.1, -0.05) is 195 Å². The molecule has 8 rings (SSSR count). The summed E-state index contributed by atoms with van der Waals surface area (Å²) in [4.78, 5) is 0. The maximum Gasteiger partial charge on any atom is -0.00392 e. The fourth-order valence-electron chi connectivity index (χ4n) is 8.12. The van der Waals surface area contributed by atoms with Crippen LogP contribution in [0.15, 0.2) is 206 Å². The Balaban J connectivity index is 1.31. The molecule has 0 amide bonds. The van der Waals surface area contributed by atoms with Gasteiger partial charge in [0.2, 0.25) is 0 Å². The molecule has 0 heteroatoms. The van der Waals surface area contributed by atoms with Gasteiger partial charge in [-0.05, 0) is 139 Å². The second kappa shape index (κ2) is 16.5. The van der Waals surface area contributed by atoms with Crippen molar-refractivity contribution in [3.63, 3.8) is 0 Å². The maximum atomic E-state index is 4.73. The Hall–Kier alpha value is -6.50. The molecule has 0 fully saturated rings. The standard InChI is InChI=1S/C56H48/c1-39-32-33-49(54-31-17-25-46-23-12-14-29-53(46)54)38-55(39)56(36-42(4)51-30-16-24-45-22-11-13-28-52(45)51)48-27-15-26-47(37-48)50(34-40(2)43-18-7-5-8-19-43)35-41(3)44-20-9-6-10-21-44/h5-9,11-20,22-38,41H,4,10,21H2,1-3H3/b40-34+,50-35+,56-36-. The van der Waals surface area contributed by atoms with Crippen molar-refractivity contribution >= 4 is 43.8 Å². The Labute approximate surface area is 332 Å². The van der Waals surface area contributed by atoms with Crippen LogP contribution >= 0.6 is 0 Å². The molecule has 0 saturated heterocycles. The van der Waals surface area contributed by atoms with Gasteiger partial charge < -0.3 is 0 Å². The molecular formula is C56H48. The van der Waals surface area contributed by atoms with Crippen LogP contribution in [0.5, 0.6) is 0 Å². The van der Waals surface area contributed by atoms with Crippen molar-refractivity contribution in [2.45, 2.75) is 33.6 Å². The highest BCUT2D eigenvalue weighted by atomic mass is 14.2. The van der Waals surface area contributed by atoms with Crippen molar-refractivity contribution < 1.29 is 0 Å². The van der Waals surface area contributed by atoms with Crippen LogP contribution in [0.2, 0.25) is 0 Å². The first-order chi connectivity index (χ1) is 27.4. The van der Waals surface area contributed by atoms with Crippen LogP contribution in [0.25, 0.3) is 55.0 Å². The largest absolute Gasteiger partial charge is 0.0911 e. The molecule has 7 aromatic carbocycles. The first kappa shape index (κ1) is 36.5. The molecule has 0 N–H and O–H groups in total. The molecule has 0 saturated carbocycles. The van der Waals surface area contributed by atoms with Gasteiger partial charge in [0.05, 0.1) is 0 Å². The summed E-state index contributed by atoms with van der Waals surface area (Å²) in [5, 5.41) is 4.92. The van der Waals surface area contributed by atoms with Crippen LogP contribution in [0.4, 0.5) is 0 Å². The van der Waals surface area contributed by atoms with E-state index < -0.39 is 0 Å². The summed E-state index contributed by atoms with van der Waals surface area (Å²) >= 11 is 0. The van der Waals surface area contributed by atoms with E-state index in [4.69, 9.17) is 6.58 Å². The molecule has 0 bridgehead atoms. The number of hydrogen-bond donors (Lipinski definition) is 0. The molecule has 272 valence electrons. The predicted molar refractivity (Wildman–Crippen MR) is 244 cm³/mol. The van der Waals surface area contributed by atoms with E-state index in [9.17, 15) is 0 Å². The molecule has 1 aliphatic rings. The minimum Gasteiger partial charge on any atom is -0.0911 e. The summed E-state index contributed by atoms with van der Waals surface area (Å²) in [5.41, 5.74) is 15.7. The third-order valence-electron chi connectivity index (χ3n) is 11.3. The summed E-state index contributed by atoms with van der Waals surface area (Å²) in [5.74, 6) is 0.305. The molecule has 1 unspecified atom stereocenters. The normalized spacial score (nSPS) is 14.2. The monoisotopic (exact) mass is 720 g/mol. The lowest BCUT2D eigenvalue weighted by Gasteiger charge is -2.18. The minimum atomic E-state index is 0.305. The molecule has 0 spiro atoms. The van der Waals surface area contributed by atoms with Crippen LogP contribution in [-0.4, -0.2) is 0 Å². The second-order valence-corrected chi connectivity index (χ2v) is 15.1. The van der Waals surface area contributed by atoms with Gasteiger partial charge in [-0.15, -0.1) is 0 Å². The fourth-order valence-corrected chi connectivity index (χ4v) is 8.12. The highest BCUT2D eigenvalue weighted by molar-refractivity contribution is 6.01. The lowest BCUT2D eigenvalue weighted by Crippen LogP contribution is -2.00. The van der Waals surface area contributed by atoms with E-state index in [0.29, 0.717) is 5.92 Å². The lowest BCUT2D eigenvalue weighted by atomic mass is 9.86. The summed E-state index contributed by atoms with van der Waals surface area (Å²) in [7, 11) is 0. The van der Waals surface area contributed by atoms with Gasteiger partial charge in [0, 0.05) is 0 Å². The van der Waals surface area contributed by atoms with E-state index in [0.717, 1.165) is 35.1 Å². The van der Waals surface area contributed by atoms with Gasteiger partial charge in [-0.2, -0.15) is 0 Å². The number of hydrogen-bond acceptors (Lipinski definition) is 0. The van der Waals surface area contributed by atoms with Crippen molar-refractivity contribution in [3.05, 3.63) is 240 Å². The van der Waals surface area contributed by atoms with E-state index >= 15 is 0 Å². The van der Waals surface area contributed by atoms with Crippen molar-refractivity contribution in [1.82, 2.24) is 0 Å². The number of fused-ring (bicyclic) bond motifs is 2. The Bertz CT molecular complexity index is 2710. The first-order valence-corrected chi connectivity index (χ1v) is 19.8.